The van der Waals surface area contributed by atoms with E-state index in [2.05, 4.69) is 0 Å². The van der Waals surface area contributed by atoms with Gasteiger partial charge in [-0.25, -0.2) is 0 Å². The van der Waals surface area contributed by atoms with E-state index < -0.39 is 0 Å². The zero-order valence-electron chi connectivity index (χ0n) is 15.1. The fourth-order valence-corrected chi connectivity index (χ4v) is 4.07. The van der Waals surface area contributed by atoms with Crippen LogP contribution < -0.4 is 0 Å². The summed E-state index contributed by atoms with van der Waals surface area (Å²) in [5.74, 6) is 0.317. The number of rotatable bonds is 5. The molecule has 2 aliphatic rings. The summed E-state index contributed by atoms with van der Waals surface area (Å²) >= 11 is 0. The Hall–Kier alpha value is -1.88. The number of nitrogens with zero attached hydrogens (tertiary/aromatic N) is 2. The lowest BCUT2D eigenvalue weighted by Crippen LogP contribution is -2.55. The maximum absolute atomic E-state index is 12.6. The van der Waals surface area contributed by atoms with Crippen molar-refractivity contribution < 1.29 is 14.3 Å². The van der Waals surface area contributed by atoms with E-state index in [0.29, 0.717) is 13.0 Å². The summed E-state index contributed by atoms with van der Waals surface area (Å²) < 4.78 is 5.61. The normalized spacial score (nSPS) is 24.0. The first-order valence-electron chi connectivity index (χ1n) is 9.29. The number of ether oxygens (including phenoxy) is 1. The first-order valence-corrected chi connectivity index (χ1v) is 9.29. The molecule has 2 fully saturated rings. The second-order valence-corrected chi connectivity index (χ2v) is 7.31. The van der Waals surface area contributed by atoms with Crippen LogP contribution in [0.15, 0.2) is 30.3 Å². The van der Waals surface area contributed by atoms with Gasteiger partial charge in [-0.1, -0.05) is 30.3 Å². The van der Waals surface area contributed by atoms with Gasteiger partial charge in [-0.2, -0.15) is 0 Å². The fourth-order valence-electron chi connectivity index (χ4n) is 4.07. The van der Waals surface area contributed by atoms with Crippen molar-refractivity contribution in [3.05, 3.63) is 35.9 Å². The molecule has 0 bridgehead atoms. The van der Waals surface area contributed by atoms with Crippen molar-refractivity contribution in [2.24, 2.45) is 5.41 Å². The van der Waals surface area contributed by atoms with Crippen molar-refractivity contribution in [1.82, 2.24) is 9.80 Å². The summed E-state index contributed by atoms with van der Waals surface area (Å²) in [4.78, 5) is 28.4. The van der Waals surface area contributed by atoms with Crippen molar-refractivity contribution in [3.8, 4) is 0 Å². The van der Waals surface area contributed by atoms with Gasteiger partial charge in [-0.3, -0.25) is 9.59 Å². The minimum Gasteiger partial charge on any atom is -0.367 e. The van der Waals surface area contributed by atoms with E-state index in [1.807, 2.05) is 47.1 Å². The standard InChI is InChI=1S/C20H28N2O3/c1-2-21-15-20(11-9-18(21)23)10-6-12-22(16-20)19(24)14-25-13-17-7-4-3-5-8-17/h3-5,7-8H,2,6,9-16H2,1H3/t20-/m1/s1. The van der Waals surface area contributed by atoms with Crippen LogP contribution in [0.1, 0.15) is 38.2 Å². The van der Waals surface area contributed by atoms with Crippen LogP contribution in [0.5, 0.6) is 0 Å². The monoisotopic (exact) mass is 344 g/mol. The van der Waals surface area contributed by atoms with Gasteiger partial charge in [-0.15, -0.1) is 0 Å². The molecular weight excluding hydrogens is 316 g/mol. The Bertz CT molecular complexity index is 604. The van der Waals surface area contributed by atoms with E-state index in [1.165, 1.54) is 0 Å². The van der Waals surface area contributed by atoms with Crippen LogP contribution in [0.25, 0.3) is 0 Å². The van der Waals surface area contributed by atoms with Crippen LogP contribution in [-0.4, -0.2) is 54.4 Å². The molecule has 0 aromatic heterocycles. The van der Waals surface area contributed by atoms with Gasteiger partial charge in [0, 0.05) is 38.0 Å². The summed E-state index contributed by atoms with van der Waals surface area (Å²) in [5, 5.41) is 0. The summed E-state index contributed by atoms with van der Waals surface area (Å²) in [6.45, 7) is 5.72. The van der Waals surface area contributed by atoms with Crippen molar-refractivity contribution in [2.75, 3.05) is 32.8 Å². The molecule has 0 N–H and O–H groups in total. The highest BCUT2D eigenvalue weighted by molar-refractivity contribution is 5.78. The average molecular weight is 344 g/mol. The summed E-state index contributed by atoms with van der Waals surface area (Å²) in [6, 6.07) is 9.91. The molecule has 25 heavy (non-hydrogen) atoms. The predicted molar refractivity (Wildman–Crippen MR) is 95.8 cm³/mol. The molecule has 3 rings (SSSR count). The van der Waals surface area contributed by atoms with Crippen LogP contribution >= 0.6 is 0 Å². The molecule has 0 radical (unpaired) electrons. The topological polar surface area (TPSA) is 49.9 Å². The first kappa shape index (κ1) is 17.9. The molecule has 2 heterocycles. The Labute approximate surface area is 149 Å². The number of benzene rings is 1. The van der Waals surface area contributed by atoms with E-state index in [1.54, 1.807) is 0 Å². The van der Waals surface area contributed by atoms with Gasteiger partial charge in [-0.05, 0) is 31.7 Å². The largest absolute Gasteiger partial charge is 0.367 e. The van der Waals surface area contributed by atoms with Crippen molar-refractivity contribution in [3.63, 3.8) is 0 Å². The van der Waals surface area contributed by atoms with Crippen LogP contribution in [0.2, 0.25) is 0 Å². The lowest BCUT2D eigenvalue weighted by Gasteiger charge is -2.48. The number of hydrogen-bond donors (Lipinski definition) is 0. The summed E-state index contributed by atoms with van der Waals surface area (Å²) in [7, 11) is 0. The highest BCUT2D eigenvalue weighted by Crippen LogP contribution is 2.38. The molecule has 1 spiro atoms. The summed E-state index contributed by atoms with van der Waals surface area (Å²) in [6.07, 6.45) is 3.62. The third-order valence-corrected chi connectivity index (χ3v) is 5.48. The van der Waals surface area contributed by atoms with Crippen molar-refractivity contribution in [2.45, 2.75) is 39.2 Å². The molecule has 1 atom stereocenters. The molecule has 5 nitrogen and oxygen atoms in total. The minimum absolute atomic E-state index is 0.0648. The first-order chi connectivity index (χ1) is 12.1. The van der Waals surface area contributed by atoms with Gasteiger partial charge in [0.15, 0.2) is 0 Å². The van der Waals surface area contributed by atoms with Gasteiger partial charge in [0.25, 0.3) is 0 Å². The zero-order chi connectivity index (χ0) is 17.7. The highest BCUT2D eigenvalue weighted by atomic mass is 16.5. The Morgan fingerprint density at radius 2 is 2.00 bits per heavy atom. The van der Waals surface area contributed by atoms with Crippen molar-refractivity contribution in [1.29, 1.82) is 0 Å². The van der Waals surface area contributed by atoms with E-state index in [0.717, 1.165) is 51.0 Å². The predicted octanol–water partition coefficient (Wildman–Crippen LogP) is 2.45. The molecule has 0 aliphatic carbocycles. The average Bonchev–Trinajstić information content (AvgIpc) is 2.65. The molecule has 136 valence electrons. The number of likely N-dealkylation sites (tertiary alicyclic amines) is 2. The van der Waals surface area contributed by atoms with E-state index in [9.17, 15) is 9.59 Å². The number of amides is 2. The van der Waals surface area contributed by atoms with E-state index in [4.69, 9.17) is 4.74 Å². The SMILES string of the molecule is CCN1C[C@@]2(CCCN(C(=O)COCc3ccccc3)C2)CCC1=O. The third-order valence-electron chi connectivity index (χ3n) is 5.48. The van der Waals surface area contributed by atoms with E-state index in [-0.39, 0.29) is 23.8 Å². The van der Waals surface area contributed by atoms with Crippen LogP contribution in [0.3, 0.4) is 0 Å². The minimum atomic E-state index is 0.0648. The molecule has 1 aromatic carbocycles. The molecule has 1 aromatic rings. The smallest absolute Gasteiger partial charge is 0.248 e. The quantitative estimate of drug-likeness (QED) is 0.824. The number of hydrogen-bond acceptors (Lipinski definition) is 3. The van der Waals surface area contributed by atoms with E-state index >= 15 is 0 Å². The molecule has 0 unspecified atom stereocenters. The molecule has 2 amide bonds. The summed E-state index contributed by atoms with van der Waals surface area (Å²) in [5.41, 5.74) is 1.16. The van der Waals surface area contributed by atoms with Gasteiger partial charge < -0.3 is 14.5 Å². The molecule has 5 heteroatoms. The second-order valence-electron chi connectivity index (χ2n) is 7.31. The van der Waals surface area contributed by atoms with Crippen molar-refractivity contribution >= 4 is 11.8 Å². The molecule has 0 saturated carbocycles. The van der Waals surface area contributed by atoms with Gasteiger partial charge in [0.2, 0.25) is 11.8 Å². The second kappa shape index (κ2) is 8.00. The third kappa shape index (κ3) is 4.40. The molecule has 2 saturated heterocycles. The molecule has 2 aliphatic heterocycles. The fraction of sp³-hybridized carbons (Fsp3) is 0.600. The van der Waals surface area contributed by atoms with Gasteiger partial charge >= 0.3 is 0 Å². The maximum atomic E-state index is 12.6. The Kier molecular flexibility index (Phi) is 5.74. The lowest BCUT2D eigenvalue weighted by atomic mass is 9.73. The Morgan fingerprint density at radius 1 is 1.20 bits per heavy atom. The number of carbonyl (C=O) groups excluding carboxylic acids is 2. The number of carbonyl (C=O) groups is 2. The zero-order valence-corrected chi connectivity index (χ0v) is 15.1. The highest BCUT2D eigenvalue weighted by Gasteiger charge is 2.42. The Morgan fingerprint density at radius 3 is 2.76 bits per heavy atom. The lowest BCUT2D eigenvalue weighted by molar-refractivity contribution is -0.145. The Balaban J connectivity index is 1.52. The maximum Gasteiger partial charge on any atom is 0.248 e. The number of piperidine rings is 2. The molecular formula is C20H28N2O3. The van der Waals surface area contributed by atoms with Gasteiger partial charge in [0.1, 0.15) is 6.61 Å². The van der Waals surface area contributed by atoms with Crippen LogP contribution in [0.4, 0.5) is 0 Å². The van der Waals surface area contributed by atoms with Crippen LogP contribution in [0, 0.1) is 5.41 Å². The van der Waals surface area contributed by atoms with Gasteiger partial charge in [0.05, 0.1) is 6.61 Å². The van der Waals surface area contributed by atoms with Crippen LogP contribution in [-0.2, 0) is 20.9 Å².